The van der Waals surface area contributed by atoms with E-state index in [1.165, 1.54) is 32.4 Å². The number of anilines is 2. The maximum atomic E-state index is 14.2. The lowest BCUT2D eigenvalue weighted by molar-refractivity contribution is -0.198. The lowest BCUT2D eigenvalue weighted by atomic mass is 9.76. The number of hydrogen-bond acceptors (Lipinski definition) is 9. The van der Waals surface area contributed by atoms with Crippen molar-refractivity contribution in [3.05, 3.63) is 54.1 Å². The molecule has 0 bridgehead atoms. The molecule has 4 N–H and O–H groups in total. The van der Waals surface area contributed by atoms with Gasteiger partial charge in [-0.05, 0) is 42.4 Å². The molecule has 2 aromatic carbocycles. The Morgan fingerprint density at radius 1 is 1.10 bits per heavy atom. The first-order chi connectivity index (χ1) is 20.0. The molecular weight excluding hydrogens is 555 g/mol. The van der Waals surface area contributed by atoms with Crippen molar-refractivity contribution >= 4 is 17.7 Å². The van der Waals surface area contributed by atoms with Crippen molar-refractivity contribution in [2.24, 2.45) is 5.41 Å². The number of carbonyl (C=O) groups is 1. The average Bonchev–Trinajstić information content (AvgIpc) is 3.39. The van der Waals surface area contributed by atoms with Gasteiger partial charge < -0.3 is 35.3 Å². The number of aromatic nitrogens is 2. The van der Waals surface area contributed by atoms with Crippen molar-refractivity contribution in [3.63, 3.8) is 0 Å². The molecule has 1 unspecified atom stereocenters. The highest BCUT2D eigenvalue weighted by Gasteiger charge is 2.45. The number of ether oxygens (including phenoxy) is 3. The van der Waals surface area contributed by atoms with Crippen molar-refractivity contribution in [1.29, 1.82) is 0 Å². The van der Waals surface area contributed by atoms with Gasteiger partial charge in [0.25, 0.3) is 0 Å². The number of rotatable bonds is 8. The number of nitrogens with two attached hydrogens (primary N) is 1. The molecule has 3 heterocycles. The molecule has 0 saturated carbocycles. The van der Waals surface area contributed by atoms with Gasteiger partial charge in [0.1, 0.15) is 23.4 Å². The molecule has 2 aliphatic rings. The predicted molar refractivity (Wildman–Crippen MR) is 149 cm³/mol. The first kappa shape index (κ1) is 29.2. The number of nitrogen functional groups attached to an aromatic ring is 1. The van der Waals surface area contributed by atoms with Gasteiger partial charge in [0.15, 0.2) is 0 Å². The number of methoxy groups -OCH3 is 2. The van der Waals surface area contributed by atoms with E-state index in [0.717, 1.165) is 0 Å². The molecule has 5 rings (SSSR count). The van der Waals surface area contributed by atoms with E-state index in [2.05, 4.69) is 15.3 Å². The zero-order valence-corrected chi connectivity index (χ0v) is 23.1. The fraction of sp³-hybridized carbons (Fsp3) is 0.414. The van der Waals surface area contributed by atoms with E-state index < -0.39 is 24.3 Å². The molecule has 1 spiro atoms. The summed E-state index contributed by atoms with van der Waals surface area (Å²) in [5, 5.41) is 12.4. The van der Waals surface area contributed by atoms with E-state index in [4.69, 9.17) is 19.9 Å². The fourth-order valence-corrected chi connectivity index (χ4v) is 5.65. The van der Waals surface area contributed by atoms with Crippen molar-refractivity contribution in [1.82, 2.24) is 15.3 Å². The summed E-state index contributed by atoms with van der Waals surface area (Å²) in [7, 11) is 3.03. The van der Waals surface area contributed by atoms with E-state index in [1.54, 1.807) is 30.3 Å². The largest absolute Gasteiger partial charge is 0.497 e. The number of nitrogens with zero attached hydrogens (tertiary/aromatic N) is 3. The van der Waals surface area contributed by atoms with Crippen LogP contribution >= 0.6 is 0 Å². The molecule has 2 aliphatic heterocycles. The van der Waals surface area contributed by atoms with E-state index in [0.29, 0.717) is 67.3 Å². The van der Waals surface area contributed by atoms with Crippen molar-refractivity contribution in [2.75, 3.05) is 44.5 Å². The van der Waals surface area contributed by atoms with Gasteiger partial charge in [0, 0.05) is 42.9 Å². The third-order valence-electron chi connectivity index (χ3n) is 7.98. The summed E-state index contributed by atoms with van der Waals surface area (Å²) >= 11 is 0. The maximum Gasteiger partial charge on any atom is 0.429 e. The molecule has 2 atom stereocenters. The van der Waals surface area contributed by atoms with Gasteiger partial charge in [-0.1, -0.05) is 24.3 Å². The molecule has 0 amide bonds. The Bertz CT molecular complexity index is 1430. The lowest BCUT2D eigenvalue weighted by Gasteiger charge is -2.39. The Kier molecular flexibility index (Phi) is 8.04. The van der Waals surface area contributed by atoms with Gasteiger partial charge in [0.05, 0.1) is 14.2 Å². The highest BCUT2D eigenvalue weighted by Crippen LogP contribution is 2.42. The van der Waals surface area contributed by atoms with Gasteiger partial charge >= 0.3 is 12.1 Å². The molecule has 13 heteroatoms. The van der Waals surface area contributed by atoms with Crippen molar-refractivity contribution < 1.29 is 37.3 Å². The third kappa shape index (κ3) is 6.15. The number of carboxylic acid groups (broad SMARTS) is 1. The van der Waals surface area contributed by atoms with Crippen LogP contribution in [0.1, 0.15) is 30.9 Å². The van der Waals surface area contributed by atoms with Crippen LogP contribution in [0, 0.1) is 5.41 Å². The Labute approximate surface area is 240 Å². The molecule has 42 heavy (non-hydrogen) atoms. The van der Waals surface area contributed by atoms with E-state index in [9.17, 15) is 23.1 Å². The van der Waals surface area contributed by atoms with Crippen LogP contribution in [0.4, 0.5) is 24.9 Å². The van der Waals surface area contributed by atoms with Crippen molar-refractivity contribution in [2.45, 2.75) is 37.6 Å². The number of aliphatic carboxylic acids is 1. The van der Waals surface area contributed by atoms with Crippen LogP contribution < -0.4 is 30.2 Å². The number of nitrogens with one attached hydrogen (secondary N) is 1. The quantitative estimate of drug-likeness (QED) is 0.347. The molecule has 0 radical (unpaired) electrons. The normalized spacial score (nSPS) is 19.0. The zero-order chi connectivity index (χ0) is 30.1. The summed E-state index contributed by atoms with van der Waals surface area (Å²) in [4.78, 5) is 21.4. The standard InChI is InChI=1S/C29H32F3N5O5/c1-40-19-7-8-20(22(13-19)41-2)17-3-5-18(6-4-17)25(29(30,31)32)42-24-14-23(35-27(33)36-24)37-11-9-28(10-12-37)15-21(26(38)39)34-16-28/h3-8,13-14,21,25,34H,9-12,15-16H2,1-2H3,(H,38,39)(H2,33,35,36)/t21-,25?/m0/s1. The molecule has 0 aliphatic carbocycles. The molecule has 10 nitrogen and oxygen atoms in total. The van der Waals surface area contributed by atoms with Crippen LogP contribution in [-0.2, 0) is 4.79 Å². The molecule has 224 valence electrons. The zero-order valence-electron chi connectivity index (χ0n) is 23.1. The minimum Gasteiger partial charge on any atom is -0.497 e. The lowest BCUT2D eigenvalue weighted by Crippen LogP contribution is -2.41. The Hall–Kier alpha value is -4.26. The molecule has 2 saturated heterocycles. The van der Waals surface area contributed by atoms with E-state index >= 15 is 0 Å². The molecule has 1 aromatic heterocycles. The maximum absolute atomic E-state index is 14.2. The first-order valence-electron chi connectivity index (χ1n) is 13.4. The fourth-order valence-electron chi connectivity index (χ4n) is 5.65. The van der Waals surface area contributed by atoms with Crippen LogP contribution in [0.3, 0.4) is 0 Å². The number of piperidine rings is 1. The number of carboxylic acids is 1. The second-order valence-corrected chi connectivity index (χ2v) is 10.6. The van der Waals surface area contributed by atoms with E-state index in [1.807, 2.05) is 4.90 Å². The smallest absolute Gasteiger partial charge is 0.429 e. The molecular formula is C29H32F3N5O5. The van der Waals surface area contributed by atoms with Gasteiger partial charge in [0.2, 0.25) is 17.9 Å². The molecule has 3 aromatic rings. The minimum atomic E-state index is -4.74. The minimum absolute atomic E-state index is 0.112. The number of benzene rings is 2. The number of halogens is 3. The van der Waals surface area contributed by atoms with Crippen LogP contribution in [0.15, 0.2) is 48.5 Å². The van der Waals surface area contributed by atoms with E-state index in [-0.39, 0.29) is 22.8 Å². The predicted octanol–water partition coefficient (Wildman–Crippen LogP) is 4.46. The van der Waals surface area contributed by atoms with Crippen LogP contribution in [0.25, 0.3) is 11.1 Å². The number of alkyl halides is 3. The third-order valence-corrected chi connectivity index (χ3v) is 7.98. The average molecular weight is 588 g/mol. The van der Waals surface area contributed by atoms with Crippen LogP contribution in [-0.4, -0.2) is 67.1 Å². The van der Waals surface area contributed by atoms with Crippen LogP contribution in [0.5, 0.6) is 17.4 Å². The SMILES string of the molecule is COc1ccc(-c2ccc(C(Oc3cc(N4CCC5(CC4)CN[C@H](C(=O)O)C5)nc(N)n3)C(F)(F)F)cc2)c(OC)c1. The van der Waals surface area contributed by atoms with Gasteiger partial charge in [-0.25, -0.2) is 0 Å². The Morgan fingerprint density at radius 3 is 2.40 bits per heavy atom. The van der Waals surface area contributed by atoms with Crippen LogP contribution in [0.2, 0.25) is 0 Å². The van der Waals surface area contributed by atoms with Gasteiger partial charge in [-0.3, -0.25) is 4.79 Å². The second-order valence-electron chi connectivity index (χ2n) is 10.6. The highest BCUT2D eigenvalue weighted by atomic mass is 19.4. The molecule has 2 fully saturated rings. The second kappa shape index (κ2) is 11.6. The summed E-state index contributed by atoms with van der Waals surface area (Å²) in [6.45, 7) is 1.70. The van der Waals surface area contributed by atoms with Crippen molar-refractivity contribution in [3.8, 4) is 28.5 Å². The summed E-state index contributed by atoms with van der Waals surface area (Å²) in [5.74, 6) is 0.0930. The Balaban J connectivity index is 1.33. The topological polar surface area (TPSA) is 132 Å². The van der Waals surface area contributed by atoms with Gasteiger partial charge in [-0.2, -0.15) is 23.1 Å². The number of hydrogen-bond donors (Lipinski definition) is 3. The first-order valence-corrected chi connectivity index (χ1v) is 13.4. The highest BCUT2D eigenvalue weighted by molar-refractivity contribution is 5.74. The monoisotopic (exact) mass is 587 g/mol. The summed E-state index contributed by atoms with van der Waals surface area (Å²) in [6, 6.07) is 11.8. The summed E-state index contributed by atoms with van der Waals surface area (Å²) in [5.41, 5.74) is 6.98. The summed E-state index contributed by atoms with van der Waals surface area (Å²) in [6.07, 6.45) is -5.09. The summed E-state index contributed by atoms with van der Waals surface area (Å²) < 4.78 is 58.8. The van der Waals surface area contributed by atoms with Gasteiger partial charge in [-0.15, -0.1) is 0 Å². The Morgan fingerprint density at radius 2 is 1.81 bits per heavy atom.